The standard InChI is InChI=1S/C8H14NO2/c1-2-9(7-10)8-5-3-4-6-11-8/h8H,2-6H2,1H3. The first kappa shape index (κ1) is 8.53. The molecule has 0 aromatic rings. The number of ether oxygens (including phenoxy) is 1. The van der Waals surface area contributed by atoms with Crippen molar-refractivity contribution in [2.75, 3.05) is 13.2 Å². The summed E-state index contributed by atoms with van der Waals surface area (Å²) in [4.78, 5) is 11.9. The van der Waals surface area contributed by atoms with Crippen molar-refractivity contribution in [2.24, 2.45) is 0 Å². The van der Waals surface area contributed by atoms with Crippen LogP contribution in [0.2, 0.25) is 0 Å². The highest BCUT2D eigenvalue weighted by atomic mass is 16.5. The molecule has 3 nitrogen and oxygen atoms in total. The highest BCUT2D eigenvalue weighted by molar-refractivity contribution is 5.48. The summed E-state index contributed by atoms with van der Waals surface area (Å²) in [6.45, 7) is 3.40. The van der Waals surface area contributed by atoms with Gasteiger partial charge < -0.3 is 9.64 Å². The molecule has 3 heteroatoms. The molecule has 1 aliphatic heterocycles. The Hall–Kier alpha value is -0.570. The predicted octanol–water partition coefficient (Wildman–Crippen LogP) is 0.902. The van der Waals surface area contributed by atoms with Crippen LogP contribution in [0.4, 0.5) is 0 Å². The predicted molar refractivity (Wildman–Crippen MR) is 41.7 cm³/mol. The normalized spacial score (nSPS) is 24.6. The average Bonchev–Trinajstić information content (AvgIpc) is 2.09. The van der Waals surface area contributed by atoms with Crippen LogP contribution < -0.4 is 0 Å². The van der Waals surface area contributed by atoms with E-state index in [1.165, 1.54) is 0 Å². The van der Waals surface area contributed by atoms with E-state index in [-0.39, 0.29) is 6.23 Å². The lowest BCUT2D eigenvalue weighted by atomic mass is 10.2. The lowest BCUT2D eigenvalue weighted by Crippen LogP contribution is -2.38. The van der Waals surface area contributed by atoms with E-state index in [1.54, 1.807) is 4.90 Å². The average molecular weight is 156 g/mol. The van der Waals surface area contributed by atoms with Crippen molar-refractivity contribution < 1.29 is 9.53 Å². The Morgan fingerprint density at radius 2 is 2.45 bits per heavy atom. The molecule has 0 bridgehead atoms. The van der Waals surface area contributed by atoms with Crippen molar-refractivity contribution >= 4 is 6.41 Å². The molecular weight excluding hydrogens is 142 g/mol. The number of rotatable bonds is 3. The summed E-state index contributed by atoms with van der Waals surface area (Å²) in [6.07, 6.45) is 5.11. The third-order valence-corrected chi connectivity index (χ3v) is 1.96. The van der Waals surface area contributed by atoms with Crippen molar-refractivity contribution in [3.63, 3.8) is 0 Å². The third-order valence-electron chi connectivity index (χ3n) is 1.96. The molecule has 0 N–H and O–H groups in total. The SMILES string of the molecule is CCN([C]=O)C1CCCCO1. The minimum atomic E-state index is -0.00810. The summed E-state index contributed by atoms with van der Waals surface area (Å²) in [7, 11) is 0. The van der Waals surface area contributed by atoms with Crippen molar-refractivity contribution in [1.29, 1.82) is 0 Å². The number of amides is 1. The molecule has 63 valence electrons. The molecular formula is C8H14NO2. The first-order valence-corrected chi connectivity index (χ1v) is 4.14. The summed E-state index contributed by atoms with van der Waals surface area (Å²) in [6, 6.07) is 0. The van der Waals surface area contributed by atoms with Gasteiger partial charge in [-0.25, -0.2) is 0 Å². The zero-order chi connectivity index (χ0) is 8.10. The fraction of sp³-hybridized carbons (Fsp3) is 0.875. The van der Waals surface area contributed by atoms with Gasteiger partial charge in [0, 0.05) is 13.2 Å². The van der Waals surface area contributed by atoms with E-state index < -0.39 is 0 Å². The molecule has 1 rings (SSSR count). The first-order chi connectivity index (χ1) is 5.38. The first-order valence-electron chi connectivity index (χ1n) is 4.14. The van der Waals surface area contributed by atoms with Gasteiger partial charge in [0.2, 0.25) is 0 Å². The Bertz CT molecular complexity index is 121. The fourth-order valence-corrected chi connectivity index (χ4v) is 1.30. The monoisotopic (exact) mass is 156 g/mol. The van der Waals surface area contributed by atoms with E-state index in [0.29, 0.717) is 6.54 Å². The quantitative estimate of drug-likeness (QED) is 0.568. The van der Waals surface area contributed by atoms with Gasteiger partial charge in [-0.2, -0.15) is 0 Å². The topological polar surface area (TPSA) is 29.5 Å². The Kier molecular flexibility index (Phi) is 3.36. The summed E-state index contributed by atoms with van der Waals surface area (Å²) >= 11 is 0. The molecule has 0 aromatic heterocycles. The van der Waals surface area contributed by atoms with Gasteiger partial charge in [-0.3, -0.25) is 4.79 Å². The van der Waals surface area contributed by atoms with E-state index in [2.05, 4.69) is 0 Å². The number of nitrogens with zero attached hydrogens (tertiary/aromatic N) is 1. The van der Waals surface area contributed by atoms with E-state index in [0.717, 1.165) is 25.9 Å². The molecule has 1 amide bonds. The Morgan fingerprint density at radius 3 is 2.91 bits per heavy atom. The zero-order valence-corrected chi connectivity index (χ0v) is 6.88. The van der Waals surface area contributed by atoms with Crippen molar-refractivity contribution in [1.82, 2.24) is 4.90 Å². The van der Waals surface area contributed by atoms with Gasteiger partial charge in [0.25, 0.3) is 0 Å². The molecule has 1 heterocycles. The van der Waals surface area contributed by atoms with Gasteiger partial charge in [0.15, 0.2) is 0 Å². The number of hydrogen-bond donors (Lipinski definition) is 0. The van der Waals surface area contributed by atoms with Crippen molar-refractivity contribution in [3.05, 3.63) is 0 Å². The fourth-order valence-electron chi connectivity index (χ4n) is 1.30. The third kappa shape index (κ3) is 2.19. The molecule has 0 aromatic carbocycles. The maximum absolute atomic E-state index is 10.4. The van der Waals surface area contributed by atoms with Gasteiger partial charge in [0.05, 0.1) is 0 Å². The second-order valence-electron chi connectivity index (χ2n) is 2.70. The van der Waals surface area contributed by atoms with Crippen LogP contribution in [-0.2, 0) is 9.53 Å². The van der Waals surface area contributed by atoms with Crippen molar-refractivity contribution in [3.8, 4) is 0 Å². The molecule has 11 heavy (non-hydrogen) atoms. The van der Waals surface area contributed by atoms with E-state index in [1.807, 2.05) is 13.3 Å². The zero-order valence-electron chi connectivity index (χ0n) is 6.88. The van der Waals surface area contributed by atoms with Gasteiger partial charge in [-0.05, 0) is 26.2 Å². The van der Waals surface area contributed by atoms with Crippen LogP contribution in [-0.4, -0.2) is 30.7 Å². The van der Waals surface area contributed by atoms with Crippen molar-refractivity contribution in [2.45, 2.75) is 32.4 Å². The summed E-state index contributed by atoms with van der Waals surface area (Å²) in [5.74, 6) is 0. The molecule has 1 unspecified atom stereocenters. The van der Waals surface area contributed by atoms with Crippen LogP contribution >= 0.6 is 0 Å². The molecule has 1 radical (unpaired) electrons. The maximum Gasteiger partial charge on any atom is 0.314 e. The summed E-state index contributed by atoms with van der Waals surface area (Å²) in [5, 5.41) is 0. The molecule has 0 spiro atoms. The molecule has 1 fully saturated rings. The van der Waals surface area contributed by atoms with Crippen LogP contribution in [0.25, 0.3) is 0 Å². The Labute approximate surface area is 67.3 Å². The van der Waals surface area contributed by atoms with Crippen LogP contribution in [0.5, 0.6) is 0 Å². The highest BCUT2D eigenvalue weighted by Crippen LogP contribution is 2.14. The smallest absolute Gasteiger partial charge is 0.314 e. The van der Waals surface area contributed by atoms with Gasteiger partial charge in [0.1, 0.15) is 6.23 Å². The van der Waals surface area contributed by atoms with Crippen LogP contribution in [0.3, 0.4) is 0 Å². The molecule has 0 saturated carbocycles. The summed E-state index contributed by atoms with van der Waals surface area (Å²) < 4.78 is 5.39. The minimum absolute atomic E-state index is 0.00810. The van der Waals surface area contributed by atoms with Gasteiger partial charge in [-0.1, -0.05) is 0 Å². The largest absolute Gasteiger partial charge is 0.358 e. The summed E-state index contributed by atoms with van der Waals surface area (Å²) in [5.41, 5.74) is 0. The highest BCUT2D eigenvalue weighted by Gasteiger charge is 2.19. The molecule has 1 aliphatic rings. The van der Waals surface area contributed by atoms with E-state index in [9.17, 15) is 4.79 Å². The maximum atomic E-state index is 10.4. The van der Waals surface area contributed by atoms with Gasteiger partial charge >= 0.3 is 6.41 Å². The minimum Gasteiger partial charge on any atom is -0.358 e. The lowest BCUT2D eigenvalue weighted by molar-refractivity contribution is -0.0548. The second kappa shape index (κ2) is 4.34. The second-order valence-corrected chi connectivity index (χ2v) is 2.70. The molecule has 1 atom stereocenters. The molecule has 1 saturated heterocycles. The van der Waals surface area contributed by atoms with E-state index in [4.69, 9.17) is 4.74 Å². The Morgan fingerprint density at radius 1 is 1.64 bits per heavy atom. The Balaban J connectivity index is 2.35. The molecule has 0 aliphatic carbocycles. The van der Waals surface area contributed by atoms with Crippen LogP contribution in [0, 0.1) is 0 Å². The van der Waals surface area contributed by atoms with E-state index >= 15 is 0 Å². The van der Waals surface area contributed by atoms with Crippen LogP contribution in [0.1, 0.15) is 26.2 Å². The number of carbonyl (C=O) groups excluding carboxylic acids is 1. The number of hydrogen-bond acceptors (Lipinski definition) is 2. The lowest BCUT2D eigenvalue weighted by Gasteiger charge is -2.29. The van der Waals surface area contributed by atoms with Crippen LogP contribution in [0.15, 0.2) is 0 Å². The van der Waals surface area contributed by atoms with Gasteiger partial charge in [-0.15, -0.1) is 0 Å².